The van der Waals surface area contributed by atoms with Crippen molar-refractivity contribution in [2.24, 2.45) is 0 Å². The summed E-state index contributed by atoms with van der Waals surface area (Å²) in [4.78, 5) is 4.60. The molecule has 0 fully saturated rings. The van der Waals surface area contributed by atoms with Crippen LogP contribution in [0, 0.1) is 0 Å². The van der Waals surface area contributed by atoms with E-state index >= 15 is 0 Å². The van der Waals surface area contributed by atoms with Crippen LogP contribution in [-0.4, -0.2) is 4.98 Å². The molecule has 1 aromatic heterocycles. The van der Waals surface area contributed by atoms with Crippen molar-refractivity contribution in [3.63, 3.8) is 0 Å². The van der Waals surface area contributed by atoms with Crippen LogP contribution in [-0.2, 0) is 12.8 Å². The fourth-order valence-corrected chi connectivity index (χ4v) is 2.47. The smallest absolute Gasteiger partial charge is 0.0972 e. The van der Waals surface area contributed by atoms with Crippen LogP contribution in [0.1, 0.15) is 29.6 Å². The minimum Gasteiger partial charge on any atom is -0.399 e. The number of nitrogens with two attached hydrogens (primary N) is 1. The summed E-state index contributed by atoms with van der Waals surface area (Å²) in [6.45, 7) is 2.18. The summed E-state index contributed by atoms with van der Waals surface area (Å²) in [6.07, 6.45) is 3.15. The van der Waals surface area contributed by atoms with Crippen molar-refractivity contribution in [1.82, 2.24) is 4.98 Å². The lowest BCUT2D eigenvalue weighted by atomic mass is 10.1. The Balaban J connectivity index is 2.05. The molecular weight excluding hydrogens is 216 g/mol. The van der Waals surface area contributed by atoms with Crippen molar-refractivity contribution in [3.8, 4) is 0 Å². The predicted molar refractivity (Wildman–Crippen MR) is 69.8 cm³/mol. The van der Waals surface area contributed by atoms with Crippen LogP contribution >= 0.6 is 11.3 Å². The average molecular weight is 232 g/mol. The maximum absolute atomic E-state index is 5.65. The third kappa shape index (κ3) is 2.83. The summed E-state index contributed by atoms with van der Waals surface area (Å²) < 4.78 is 0. The van der Waals surface area contributed by atoms with Crippen LogP contribution in [0.5, 0.6) is 0 Å². The van der Waals surface area contributed by atoms with Gasteiger partial charge in [0.05, 0.1) is 10.7 Å². The Kier molecular flexibility index (Phi) is 3.57. The Hall–Kier alpha value is -1.35. The molecule has 0 atom stereocenters. The first-order valence-corrected chi connectivity index (χ1v) is 6.43. The highest BCUT2D eigenvalue weighted by molar-refractivity contribution is 7.09. The van der Waals surface area contributed by atoms with Gasteiger partial charge in [0.15, 0.2) is 0 Å². The molecular formula is C13H16N2S. The maximum Gasteiger partial charge on any atom is 0.0972 e. The first-order valence-electron chi connectivity index (χ1n) is 5.55. The van der Waals surface area contributed by atoms with Crippen LogP contribution in [0.2, 0.25) is 0 Å². The highest BCUT2D eigenvalue weighted by Gasteiger charge is 2.02. The maximum atomic E-state index is 5.65. The molecule has 0 amide bonds. The van der Waals surface area contributed by atoms with Gasteiger partial charge in [-0.3, -0.25) is 0 Å². The fourth-order valence-electron chi connectivity index (χ4n) is 1.61. The zero-order valence-electron chi connectivity index (χ0n) is 9.44. The van der Waals surface area contributed by atoms with Crippen molar-refractivity contribution < 1.29 is 0 Å². The van der Waals surface area contributed by atoms with E-state index in [0.717, 1.165) is 24.9 Å². The number of rotatable bonds is 4. The third-order valence-electron chi connectivity index (χ3n) is 2.44. The minimum atomic E-state index is 0.814. The molecule has 0 bridgehead atoms. The summed E-state index contributed by atoms with van der Waals surface area (Å²) >= 11 is 1.75. The molecule has 0 aliphatic rings. The van der Waals surface area contributed by atoms with E-state index in [0.29, 0.717) is 0 Å². The summed E-state index contributed by atoms with van der Waals surface area (Å²) in [5.41, 5.74) is 8.96. The van der Waals surface area contributed by atoms with Gasteiger partial charge in [0.2, 0.25) is 0 Å². The van der Waals surface area contributed by atoms with E-state index < -0.39 is 0 Å². The first kappa shape index (κ1) is 11.1. The topological polar surface area (TPSA) is 38.9 Å². The Morgan fingerprint density at radius 2 is 2.00 bits per heavy atom. The van der Waals surface area contributed by atoms with Gasteiger partial charge in [0, 0.05) is 17.5 Å². The van der Waals surface area contributed by atoms with Crippen LogP contribution in [0.15, 0.2) is 29.6 Å². The molecule has 2 N–H and O–H groups in total. The summed E-state index contributed by atoms with van der Waals surface area (Å²) in [5.74, 6) is 0. The minimum absolute atomic E-state index is 0.814. The molecule has 0 unspecified atom stereocenters. The van der Waals surface area contributed by atoms with E-state index in [-0.39, 0.29) is 0 Å². The molecule has 0 spiro atoms. The molecule has 2 aromatic rings. The molecule has 0 radical (unpaired) electrons. The van der Waals surface area contributed by atoms with Crippen LogP contribution < -0.4 is 5.73 Å². The van der Waals surface area contributed by atoms with Gasteiger partial charge in [0.25, 0.3) is 0 Å². The molecule has 2 rings (SSSR count). The van der Waals surface area contributed by atoms with Crippen LogP contribution in [0.3, 0.4) is 0 Å². The van der Waals surface area contributed by atoms with Gasteiger partial charge in [-0.25, -0.2) is 4.98 Å². The van der Waals surface area contributed by atoms with Crippen LogP contribution in [0.25, 0.3) is 0 Å². The second-order valence-corrected chi connectivity index (χ2v) is 4.84. The van der Waals surface area contributed by atoms with E-state index in [1.807, 2.05) is 12.1 Å². The second-order valence-electron chi connectivity index (χ2n) is 3.90. The van der Waals surface area contributed by atoms with Crippen LogP contribution in [0.4, 0.5) is 5.69 Å². The van der Waals surface area contributed by atoms with E-state index in [4.69, 9.17) is 5.73 Å². The van der Waals surface area contributed by atoms with Gasteiger partial charge >= 0.3 is 0 Å². The number of thiazole rings is 1. The van der Waals surface area contributed by atoms with Gasteiger partial charge in [-0.15, -0.1) is 11.3 Å². The molecule has 1 aromatic carbocycles. The number of nitrogen functional groups attached to an aromatic ring is 1. The molecule has 0 aliphatic heterocycles. The summed E-state index contributed by atoms with van der Waals surface area (Å²) in [6, 6.07) is 8.01. The number of aromatic nitrogens is 1. The van der Waals surface area contributed by atoms with Gasteiger partial charge < -0.3 is 5.73 Å². The largest absolute Gasteiger partial charge is 0.399 e. The van der Waals surface area contributed by atoms with Gasteiger partial charge in [-0.05, 0) is 24.1 Å². The van der Waals surface area contributed by atoms with Gasteiger partial charge in [-0.1, -0.05) is 25.5 Å². The Morgan fingerprint density at radius 1 is 1.25 bits per heavy atom. The lowest BCUT2D eigenvalue weighted by molar-refractivity contribution is 0.883. The van der Waals surface area contributed by atoms with E-state index in [9.17, 15) is 0 Å². The standard InChI is InChI=1S/C13H16N2S/c1-2-3-12-9-16-13(15-12)8-10-4-6-11(14)7-5-10/h4-7,9H,2-3,8,14H2,1H3. The number of anilines is 1. The fraction of sp³-hybridized carbons (Fsp3) is 0.308. The normalized spacial score (nSPS) is 10.6. The second kappa shape index (κ2) is 5.12. The molecule has 1 heterocycles. The van der Waals surface area contributed by atoms with Crippen molar-refractivity contribution >= 4 is 17.0 Å². The lowest BCUT2D eigenvalue weighted by Gasteiger charge is -1.98. The highest BCUT2D eigenvalue weighted by atomic mass is 32.1. The van der Waals surface area contributed by atoms with E-state index in [2.05, 4.69) is 29.4 Å². The predicted octanol–water partition coefficient (Wildman–Crippen LogP) is 3.27. The van der Waals surface area contributed by atoms with E-state index in [1.54, 1.807) is 11.3 Å². The molecule has 84 valence electrons. The quantitative estimate of drug-likeness (QED) is 0.822. The van der Waals surface area contributed by atoms with Crippen molar-refractivity contribution in [2.75, 3.05) is 5.73 Å². The number of hydrogen-bond acceptors (Lipinski definition) is 3. The zero-order valence-corrected chi connectivity index (χ0v) is 10.3. The number of nitrogens with zero attached hydrogens (tertiary/aromatic N) is 1. The Morgan fingerprint density at radius 3 is 2.69 bits per heavy atom. The molecule has 0 aliphatic carbocycles. The number of aryl methyl sites for hydroxylation is 1. The Labute approximate surface area is 100 Å². The molecule has 2 nitrogen and oxygen atoms in total. The van der Waals surface area contributed by atoms with E-state index in [1.165, 1.54) is 16.3 Å². The zero-order chi connectivity index (χ0) is 11.4. The van der Waals surface area contributed by atoms with Crippen molar-refractivity contribution in [1.29, 1.82) is 0 Å². The average Bonchev–Trinajstić information content (AvgIpc) is 2.70. The monoisotopic (exact) mass is 232 g/mol. The third-order valence-corrected chi connectivity index (χ3v) is 3.34. The molecule has 16 heavy (non-hydrogen) atoms. The van der Waals surface area contributed by atoms with Crippen molar-refractivity contribution in [3.05, 3.63) is 45.9 Å². The summed E-state index contributed by atoms with van der Waals surface area (Å²) in [5, 5.41) is 3.35. The Bertz CT molecular complexity index is 445. The number of benzene rings is 1. The lowest BCUT2D eigenvalue weighted by Crippen LogP contribution is -1.90. The summed E-state index contributed by atoms with van der Waals surface area (Å²) in [7, 11) is 0. The molecule has 0 saturated heterocycles. The SMILES string of the molecule is CCCc1csc(Cc2ccc(N)cc2)n1. The van der Waals surface area contributed by atoms with Crippen molar-refractivity contribution in [2.45, 2.75) is 26.2 Å². The highest BCUT2D eigenvalue weighted by Crippen LogP contribution is 2.16. The number of hydrogen-bond donors (Lipinski definition) is 1. The first-order chi connectivity index (χ1) is 7.78. The van der Waals surface area contributed by atoms with Gasteiger partial charge in [-0.2, -0.15) is 0 Å². The van der Waals surface area contributed by atoms with Gasteiger partial charge in [0.1, 0.15) is 0 Å². The molecule has 3 heteroatoms. The molecule has 0 saturated carbocycles.